The van der Waals surface area contributed by atoms with Crippen LogP contribution < -0.4 is 0 Å². The Morgan fingerprint density at radius 1 is 1.38 bits per heavy atom. The van der Waals surface area contributed by atoms with Crippen LogP contribution in [0.25, 0.3) is 0 Å². The van der Waals surface area contributed by atoms with E-state index in [1.165, 1.54) is 10.4 Å². The summed E-state index contributed by atoms with van der Waals surface area (Å²) < 4.78 is 40.7. The molecule has 0 aromatic heterocycles. The summed E-state index contributed by atoms with van der Waals surface area (Å²) in [6.45, 7) is 4.43. The lowest BCUT2D eigenvalue weighted by Crippen LogP contribution is -2.44. The van der Waals surface area contributed by atoms with Gasteiger partial charge in [-0.05, 0) is 43.4 Å². The molecule has 1 aromatic rings. The van der Waals surface area contributed by atoms with Crippen molar-refractivity contribution in [1.82, 2.24) is 4.31 Å². The number of hydrogen-bond acceptors (Lipinski definition) is 2. The Morgan fingerprint density at radius 2 is 2.05 bits per heavy atom. The first-order chi connectivity index (χ1) is 9.77. The number of hydrogen-bond donors (Lipinski definition) is 0. The van der Waals surface area contributed by atoms with Crippen molar-refractivity contribution >= 4 is 33.2 Å². The summed E-state index contributed by atoms with van der Waals surface area (Å²) in [5.41, 5.74) is 0.287. The molecule has 0 aliphatic carbocycles. The molecular weight excluding hydrogens is 336 g/mol. The summed E-state index contributed by atoms with van der Waals surface area (Å²) in [5.74, 6) is -0.302. The molecule has 118 valence electrons. The molecule has 0 radical (unpaired) electrons. The fourth-order valence-electron chi connectivity index (χ4n) is 2.74. The standard InChI is InChI=1S/C14H18Cl2FNO2S/c1-9-3-4-18(10(2)5-9)21(19,20)12-6-11(8-15)14(16)13(17)7-12/h6-7,9-10H,3-5,8H2,1-2H3. The number of alkyl halides is 1. The lowest BCUT2D eigenvalue weighted by molar-refractivity contribution is 0.220. The van der Waals surface area contributed by atoms with Crippen LogP contribution in [0.1, 0.15) is 32.3 Å². The average molecular weight is 354 g/mol. The van der Waals surface area contributed by atoms with E-state index in [0.717, 1.165) is 18.9 Å². The largest absolute Gasteiger partial charge is 0.243 e. The first-order valence-corrected chi connectivity index (χ1v) is 9.18. The predicted octanol–water partition coefficient (Wildman–Crippen LogP) is 4.03. The minimum absolute atomic E-state index is 0.0360. The van der Waals surface area contributed by atoms with Crippen LogP contribution >= 0.6 is 23.2 Å². The van der Waals surface area contributed by atoms with Crippen molar-refractivity contribution in [2.24, 2.45) is 5.92 Å². The molecule has 2 rings (SSSR count). The summed E-state index contributed by atoms with van der Waals surface area (Å²) in [7, 11) is -3.73. The van der Waals surface area contributed by atoms with Gasteiger partial charge < -0.3 is 0 Å². The molecule has 1 heterocycles. The Hall–Kier alpha value is -0.360. The molecule has 3 nitrogen and oxygen atoms in total. The lowest BCUT2D eigenvalue weighted by Gasteiger charge is -2.35. The summed E-state index contributed by atoms with van der Waals surface area (Å²) in [5, 5.41) is -0.121. The van der Waals surface area contributed by atoms with E-state index in [-0.39, 0.29) is 27.4 Å². The molecule has 2 atom stereocenters. The van der Waals surface area contributed by atoms with Crippen molar-refractivity contribution in [3.8, 4) is 0 Å². The number of rotatable bonds is 3. The molecule has 2 unspecified atom stereocenters. The zero-order valence-electron chi connectivity index (χ0n) is 11.9. The molecular formula is C14H18Cl2FNO2S. The van der Waals surface area contributed by atoms with E-state index in [4.69, 9.17) is 23.2 Å². The maximum Gasteiger partial charge on any atom is 0.243 e. The fraction of sp³-hybridized carbons (Fsp3) is 0.571. The Morgan fingerprint density at radius 3 is 2.62 bits per heavy atom. The van der Waals surface area contributed by atoms with Crippen LogP contribution in [0.3, 0.4) is 0 Å². The quantitative estimate of drug-likeness (QED) is 0.769. The van der Waals surface area contributed by atoms with E-state index < -0.39 is 15.8 Å². The Balaban J connectivity index is 2.42. The molecule has 0 bridgehead atoms. The average Bonchev–Trinajstić information content (AvgIpc) is 2.41. The normalized spacial score (nSPS) is 24.2. The Kier molecular flexibility index (Phi) is 5.19. The van der Waals surface area contributed by atoms with Gasteiger partial charge in [0.1, 0.15) is 5.82 Å². The maximum atomic E-state index is 13.8. The van der Waals surface area contributed by atoms with E-state index in [9.17, 15) is 12.8 Å². The van der Waals surface area contributed by atoms with Gasteiger partial charge in [-0.15, -0.1) is 11.6 Å². The van der Waals surface area contributed by atoms with Gasteiger partial charge in [-0.3, -0.25) is 0 Å². The minimum Gasteiger partial charge on any atom is -0.207 e. The fourth-order valence-corrected chi connectivity index (χ4v) is 4.92. The highest BCUT2D eigenvalue weighted by Gasteiger charge is 2.33. The van der Waals surface area contributed by atoms with E-state index in [1.54, 1.807) is 0 Å². The molecule has 1 aliphatic heterocycles. The first kappa shape index (κ1) is 17.0. The molecule has 0 amide bonds. The highest BCUT2D eigenvalue weighted by Crippen LogP contribution is 2.31. The second kappa shape index (κ2) is 6.41. The predicted molar refractivity (Wildman–Crippen MR) is 82.7 cm³/mol. The van der Waals surface area contributed by atoms with E-state index in [2.05, 4.69) is 6.92 Å². The highest BCUT2D eigenvalue weighted by molar-refractivity contribution is 7.89. The van der Waals surface area contributed by atoms with Gasteiger partial charge in [-0.1, -0.05) is 18.5 Å². The van der Waals surface area contributed by atoms with Gasteiger partial charge in [0.15, 0.2) is 0 Å². The number of halogens is 3. The van der Waals surface area contributed by atoms with Crippen LogP contribution in [0, 0.1) is 11.7 Å². The molecule has 1 fully saturated rings. The third kappa shape index (κ3) is 3.36. The van der Waals surface area contributed by atoms with Crippen molar-refractivity contribution in [1.29, 1.82) is 0 Å². The summed E-state index contributed by atoms with van der Waals surface area (Å²) in [4.78, 5) is -0.0820. The Bertz CT molecular complexity index is 636. The second-order valence-electron chi connectivity index (χ2n) is 5.61. The third-order valence-electron chi connectivity index (χ3n) is 3.91. The monoisotopic (exact) mass is 353 g/mol. The summed E-state index contributed by atoms with van der Waals surface area (Å²) >= 11 is 11.5. The molecule has 0 saturated carbocycles. The number of piperidine rings is 1. The molecule has 1 aromatic carbocycles. The van der Waals surface area contributed by atoms with Crippen LogP contribution in [0.2, 0.25) is 5.02 Å². The van der Waals surface area contributed by atoms with Gasteiger partial charge in [0.2, 0.25) is 10.0 Å². The van der Waals surface area contributed by atoms with Crippen molar-refractivity contribution < 1.29 is 12.8 Å². The first-order valence-electron chi connectivity index (χ1n) is 6.83. The van der Waals surface area contributed by atoms with Gasteiger partial charge in [0.25, 0.3) is 0 Å². The number of nitrogens with zero attached hydrogens (tertiary/aromatic N) is 1. The number of sulfonamides is 1. The zero-order chi connectivity index (χ0) is 15.8. The van der Waals surface area contributed by atoms with Gasteiger partial charge in [-0.25, -0.2) is 12.8 Å². The molecule has 1 aliphatic rings. The van der Waals surface area contributed by atoms with Gasteiger partial charge in [0, 0.05) is 18.5 Å². The summed E-state index contributed by atoms with van der Waals surface area (Å²) in [6.07, 6.45) is 1.61. The maximum absolute atomic E-state index is 13.8. The molecule has 1 saturated heterocycles. The summed E-state index contributed by atoms with van der Waals surface area (Å²) in [6, 6.07) is 2.23. The number of benzene rings is 1. The van der Waals surface area contributed by atoms with E-state index in [1.807, 2.05) is 6.92 Å². The second-order valence-corrected chi connectivity index (χ2v) is 8.14. The highest BCUT2D eigenvalue weighted by atomic mass is 35.5. The molecule has 0 N–H and O–H groups in total. The van der Waals surface area contributed by atoms with Crippen LogP contribution in [-0.4, -0.2) is 25.3 Å². The smallest absolute Gasteiger partial charge is 0.207 e. The van der Waals surface area contributed by atoms with Crippen molar-refractivity contribution in [2.75, 3.05) is 6.54 Å². The SMILES string of the molecule is CC1CCN(S(=O)(=O)c2cc(F)c(Cl)c(CCl)c2)C(C)C1. The van der Waals surface area contributed by atoms with Crippen LogP contribution in [0.15, 0.2) is 17.0 Å². The lowest BCUT2D eigenvalue weighted by atomic mass is 9.95. The molecule has 21 heavy (non-hydrogen) atoms. The molecule has 7 heteroatoms. The third-order valence-corrected chi connectivity index (χ3v) is 6.61. The topological polar surface area (TPSA) is 37.4 Å². The van der Waals surface area contributed by atoms with Crippen molar-refractivity contribution in [3.05, 3.63) is 28.5 Å². The van der Waals surface area contributed by atoms with Crippen LogP contribution in [0.4, 0.5) is 4.39 Å². The van der Waals surface area contributed by atoms with Gasteiger partial charge >= 0.3 is 0 Å². The zero-order valence-corrected chi connectivity index (χ0v) is 14.3. The van der Waals surface area contributed by atoms with Crippen LogP contribution in [-0.2, 0) is 15.9 Å². The minimum atomic E-state index is -3.73. The van der Waals surface area contributed by atoms with E-state index >= 15 is 0 Å². The van der Waals surface area contributed by atoms with Crippen molar-refractivity contribution in [3.63, 3.8) is 0 Å². The molecule has 0 spiro atoms. The van der Waals surface area contributed by atoms with Gasteiger partial charge in [0.05, 0.1) is 9.92 Å². The van der Waals surface area contributed by atoms with Gasteiger partial charge in [-0.2, -0.15) is 4.31 Å². The Labute approximate surface area is 135 Å². The van der Waals surface area contributed by atoms with E-state index in [0.29, 0.717) is 12.5 Å². The van der Waals surface area contributed by atoms with Crippen LogP contribution in [0.5, 0.6) is 0 Å². The van der Waals surface area contributed by atoms with Crippen molar-refractivity contribution in [2.45, 2.75) is 43.5 Å².